The molecule has 0 spiro atoms. The Morgan fingerprint density at radius 3 is 2.86 bits per heavy atom. The van der Waals surface area contributed by atoms with Gasteiger partial charge in [-0.05, 0) is 24.7 Å². The van der Waals surface area contributed by atoms with Gasteiger partial charge in [0.1, 0.15) is 5.75 Å². The number of methoxy groups -OCH3 is 1. The molecule has 74 valence electrons. The van der Waals surface area contributed by atoms with Gasteiger partial charge >= 0.3 is 0 Å². The van der Waals surface area contributed by atoms with Crippen LogP contribution in [0.5, 0.6) is 5.75 Å². The number of nitrogens with one attached hydrogen (secondary N) is 1. The predicted octanol–water partition coefficient (Wildman–Crippen LogP) is 1.68. The second-order valence-corrected chi connectivity index (χ2v) is 2.92. The molecule has 0 fully saturated rings. The van der Waals surface area contributed by atoms with Crippen LogP contribution in [0.25, 0.3) is 0 Å². The summed E-state index contributed by atoms with van der Waals surface area (Å²) in [6.07, 6.45) is 0. The summed E-state index contributed by atoms with van der Waals surface area (Å²) in [6.45, 7) is 3.68. The van der Waals surface area contributed by atoms with Gasteiger partial charge in [-0.1, -0.05) is 6.92 Å². The summed E-state index contributed by atoms with van der Waals surface area (Å²) in [5.41, 5.74) is 1.69. The fourth-order valence-electron chi connectivity index (χ4n) is 1.25. The molecule has 0 saturated heterocycles. The van der Waals surface area contributed by atoms with Gasteiger partial charge in [0.2, 0.25) is 0 Å². The molecule has 0 saturated carbocycles. The molecule has 0 aliphatic rings. The molecule has 0 aromatic heterocycles. The van der Waals surface area contributed by atoms with Crippen molar-refractivity contribution in [2.75, 3.05) is 13.7 Å². The van der Waals surface area contributed by atoms with Crippen molar-refractivity contribution in [3.63, 3.8) is 0 Å². The smallest absolute Gasteiger partial charge is 0.123 e. The lowest BCUT2D eigenvalue weighted by molar-refractivity contribution is 0.408. The van der Waals surface area contributed by atoms with E-state index in [4.69, 9.17) is 10.00 Å². The number of nitrogens with zero attached hydrogens (tertiary/aromatic N) is 1. The minimum atomic E-state index is 0.665. The number of nitriles is 1. The lowest BCUT2D eigenvalue weighted by atomic mass is 10.1. The third kappa shape index (κ3) is 2.48. The molecule has 3 nitrogen and oxygen atoms in total. The van der Waals surface area contributed by atoms with E-state index in [2.05, 4.69) is 11.4 Å². The molecule has 14 heavy (non-hydrogen) atoms. The van der Waals surface area contributed by atoms with Crippen molar-refractivity contribution in [2.45, 2.75) is 13.5 Å². The van der Waals surface area contributed by atoms with E-state index in [1.54, 1.807) is 13.2 Å². The molecule has 0 amide bonds. The Morgan fingerprint density at radius 2 is 2.29 bits per heavy atom. The first-order valence-electron chi connectivity index (χ1n) is 4.59. The number of hydrogen-bond acceptors (Lipinski definition) is 3. The van der Waals surface area contributed by atoms with E-state index in [1.165, 1.54) is 0 Å². The number of benzene rings is 1. The van der Waals surface area contributed by atoms with Crippen LogP contribution in [0, 0.1) is 11.3 Å². The van der Waals surface area contributed by atoms with Gasteiger partial charge in [0.25, 0.3) is 0 Å². The molecule has 1 rings (SSSR count). The van der Waals surface area contributed by atoms with Crippen molar-refractivity contribution < 1.29 is 4.74 Å². The van der Waals surface area contributed by atoms with Gasteiger partial charge in [-0.3, -0.25) is 0 Å². The van der Waals surface area contributed by atoms with E-state index in [9.17, 15) is 0 Å². The molecule has 1 aromatic carbocycles. The Hall–Kier alpha value is -1.53. The standard InChI is InChI=1S/C11H14N2O/c1-3-13-8-10-6-9(7-12)4-5-11(10)14-2/h4-6,13H,3,8H2,1-2H3. The van der Waals surface area contributed by atoms with E-state index in [-0.39, 0.29) is 0 Å². The van der Waals surface area contributed by atoms with Crippen LogP contribution in [0.4, 0.5) is 0 Å². The van der Waals surface area contributed by atoms with Crippen molar-refractivity contribution in [1.82, 2.24) is 5.32 Å². The van der Waals surface area contributed by atoms with E-state index in [1.807, 2.05) is 19.1 Å². The van der Waals surface area contributed by atoms with E-state index in [0.29, 0.717) is 5.56 Å². The van der Waals surface area contributed by atoms with E-state index >= 15 is 0 Å². The Morgan fingerprint density at radius 1 is 1.50 bits per heavy atom. The van der Waals surface area contributed by atoms with Crippen LogP contribution in [0.2, 0.25) is 0 Å². The molecular weight excluding hydrogens is 176 g/mol. The topological polar surface area (TPSA) is 45.0 Å². The van der Waals surface area contributed by atoms with Crippen LogP contribution < -0.4 is 10.1 Å². The van der Waals surface area contributed by atoms with E-state index in [0.717, 1.165) is 24.4 Å². The first-order chi connectivity index (χ1) is 6.81. The maximum atomic E-state index is 8.74. The van der Waals surface area contributed by atoms with Gasteiger partial charge in [-0.25, -0.2) is 0 Å². The number of ether oxygens (including phenoxy) is 1. The molecule has 0 atom stereocenters. The van der Waals surface area contributed by atoms with Crippen LogP contribution >= 0.6 is 0 Å². The lowest BCUT2D eigenvalue weighted by Gasteiger charge is -2.08. The fourth-order valence-corrected chi connectivity index (χ4v) is 1.25. The average molecular weight is 190 g/mol. The first-order valence-corrected chi connectivity index (χ1v) is 4.59. The summed E-state index contributed by atoms with van der Waals surface area (Å²) in [5, 5.41) is 11.9. The highest BCUT2D eigenvalue weighted by atomic mass is 16.5. The fraction of sp³-hybridized carbons (Fsp3) is 0.364. The molecule has 0 aliphatic heterocycles. The van der Waals surface area contributed by atoms with Crippen molar-refractivity contribution in [2.24, 2.45) is 0 Å². The molecule has 0 heterocycles. The minimum Gasteiger partial charge on any atom is -0.496 e. The zero-order chi connectivity index (χ0) is 10.4. The third-order valence-corrected chi connectivity index (χ3v) is 1.97. The van der Waals surface area contributed by atoms with Crippen molar-refractivity contribution in [3.8, 4) is 11.8 Å². The van der Waals surface area contributed by atoms with E-state index < -0.39 is 0 Å². The summed E-state index contributed by atoms with van der Waals surface area (Å²) in [4.78, 5) is 0. The highest BCUT2D eigenvalue weighted by Gasteiger charge is 2.03. The van der Waals surface area contributed by atoms with Gasteiger partial charge in [0, 0.05) is 12.1 Å². The molecule has 3 heteroatoms. The first kappa shape index (κ1) is 10.6. The van der Waals surface area contributed by atoms with Crippen LogP contribution in [-0.2, 0) is 6.54 Å². The van der Waals surface area contributed by atoms with Gasteiger partial charge in [0.15, 0.2) is 0 Å². The maximum Gasteiger partial charge on any atom is 0.123 e. The maximum absolute atomic E-state index is 8.74. The Labute approximate surface area is 84.3 Å². The normalized spacial score (nSPS) is 9.50. The van der Waals surface area contributed by atoms with Crippen molar-refractivity contribution in [1.29, 1.82) is 5.26 Å². The molecule has 1 aromatic rings. The van der Waals surface area contributed by atoms with Crippen LogP contribution in [0.1, 0.15) is 18.1 Å². The second-order valence-electron chi connectivity index (χ2n) is 2.92. The molecule has 0 radical (unpaired) electrons. The Balaban J connectivity index is 2.91. The number of rotatable bonds is 4. The monoisotopic (exact) mass is 190 g/mol. The Kier molecular flexibility index (Phi) is 3.96. The largest absolute Gasteiger partial charge is 0.496 e. The average Bonchev–Trinajstić information content (AvgIpc) is 2.25. The highest BCUT2D eigenvalue weighted by molar-refractivity contribution is 5.41. The van der Waals surface area contributed by atoms with Gasteiger partial charge in [-0.2, -0.15) is 5.26 Å². The Bertz CT molecular complexity index is 342. The quantitative estimate of drug-likeness (QED) is 0.785. The van der Waals surface area contributed by atoms with Gasteiger partial charge in [0.05, 0.1) is 18.7 Å². The zero-order valence-electron chi connectivity index (χ0n) is 8.50. The van der Waals surface area contributed by atoms with Gasteiger partial charge < -0.3 is 10.1 Å². The zero-order valence-corrected chi connectivity index (χ0v) is 8.50. The van der Waals surface area contributed by atoms with Crippen LogP contribution in [0.15, 0.2) is 18.2 Å². The summed E-state index contributed by atoms with van der Waals surface area (Å²) in [6, 6.07) is 7.54. The summed E-state index contributed by atoms with van der Waals surface area (Å²) >= 11 is 0. The molecule has 0 aliphatic carbocycles. The van der Waals surface area contributed by atoms with Gasteiger partial charge in [-0.15, -0.1) is 0 Å². The minimum absolute atomic E-state index is 0.665. The van der Waals surface area contributed by atoms with Crippen LogP contribution in [0.3, 0.4) is 0 Å². The predicted molar refractivity (Wildman–Crippen MR) is 55.1 cm³/mol. The molecule has 0 unspecified atom stereocenters. The molecule has 1 N–H and O–H groups in total. The van der Waals surface area contributed by atoms with Crippen molar-refractivity contribution in [3.05, 3.63) is 29.3 Å². The molecule has 0 bridgehead atoms. The second kappa shape index (κ2) is 5.25. The third-order valence-electron chi connectivity index (χ3n) is 1.97. The van der Waals surface area contributed by atoms with Crippen LogP contribution in [-0.4, -0.2) is 13.7 Å². The lowest BCUT2D eigenvalue weighted by Crippen LogP contribution is -2.12. The SMILES string of the molecule is CCNCc1cc(C#N)ccc1OC. The summed E-state index contributed by atoms with van der Waals surface area (Å²) in [5.74, 6) is 0.824. The number of hydrogen-bond donors (Lipinski definition) is 1. The highest BCUT2D eigenvalue weighted by Crippen LogP contribution is 2.19. The van der Waals surface area contributed by atoms with Crippen molar-refractivity contribution >= 4 is 0 Å². The summed E-state index contributed by atoms with van der Waals surface area (Å²) < 4.78 is 5.19. The summed E-state index contributed by atoms with van der Waals surface area (Å²) in [7, 11) is 1.64. The molecular formula is C11H14N2O.